The zero-order valence-electron chi connectivity index (χ0n) is 8.70. The molecule has 86 valence electrons. The molecule has 0 unspecified atom stereocenters. The van der Waals surface area contributed by atoms with Crippen molar-refractivity contribution in [2.75, 3.05) is 11.2 Å². The second kappa shape index (κ2) is 5.37. The van der Waals surface area contributed by atoms with Gasteiger partial charge in [-0.2, -0.15) is 0 Å². The van der Waals surface area contributed by atoms with Crippen LogP contribution in [0.2, 0.25) is 0 Å². The number of nitrogens with one attached hydrogen (secondary N) is 1. The Hall–Kier alpha value is -1.75. The fraction of sp³-hybridized carbons (Fsp3) is 0.200. The number of carbonyl (C=O) groups is 1. The van der Waals surface area contributed by atoms with Crippen molar-refractivity contribution < 1.29 is 9.90 Å². The molecule has 0 spiro atoms. The van der Waals surface area contributed by atoms with Crippen LogP contribution in [0, 0.1) is 0 Å². The molecule has 0 atom stereocenters. The monoisotopic (exact) mass is 241 g/mol. The van der Waals surface area contributed by atoms with Crippen LogP contribution in [0.1, 0.15) is 6.92 Å². The topological polar surface area (TPSA) is 87.7 Å². The van der Waals surface area contributed by atoms with Gasteiger partial charge >= 0.3 is 0 Å². The first-order valence-electron chi connectivity index (χ1n) is 4.52. The second-order valence-corrected chi connectivity index (χ2v) is 3.39. The first kappa shape index (κ1) is 12.3. The van der Waals surface area contributed by atoms with Crippen molar-refractivity contribution in [3.63, 3.8) is 0 Å². The third-order valence-corrected chi connectivity index (χ3v) is 1.97. The van der Waals surface area contributed by atoms with Crippen molar-refractivity contribution in [3.8, 4) is 5.75 Å². The van der Waals surface area contributed by atoms with Crippen molar-refractivity contribution in [1.82, 2.24) is 0 Å². The maximum Gasteiger partial charge on any atom is 0.221 e. The molecule has 16 heavy (non-hydrogen) atoms. The number of phenols is 1. The minimum Gasteiger partial charge on any atom is -0.506 e. The van der Waals surface area contributed by atoms with Crippen molar-refractivity contribution in [2.45, 2.75) is 6.92 Å². The largest absolute Gasteiger partial charge is 0.506 e. The third-order valence-electron chi connectivity index (χ3n) is 1.70. The molecule has 0 saturated heterocycles. The number of amidine groups is 1. The molecule has 4 N–H and O–H groups in total. The van der Waals surface area contributed by atoms with Crippen molar-refractivity contribution in [3.05, 3.63) is 18.2 Å². The average Bonchev–Trinajstić information content (AvgIpc) is 2.22. The number of benzene rings is 1. The molecular formula is C10H12ClN3O2. The molecule has 5 nitrogen and oxygen atoms in total. The van der Waals surface area contributed by atoms with Gasteiger partial charge in [-0.1, -0.05) is 0 Å². The van der Waals surface area contributed by atoms with E-state index in [-0.39, 0.29) is 29.1 Å². The Labute approximate surface area is 97.9 Å². The predicted octanol–water partition coefficient (Wildman–Crippen LogP) is 1.58. The van der Waals surface area contributed by atoms with Crippen molar-refractivity contribution >= 4 is 34.7 Å². The van der Waals surface area contributed by atoms with Gasteiger partial charge in [-0.3, -0.25) is 4.79 Å². The van der Waals surface area contributed by atoms with Gasteiger partial charge in [0.1, 0.15) is 11.6 Å². The van der Waals surface area contributed by atoms with E-state index in [2.05, 4.69) is 10.3 Å². The summed E-state index contributed by atoms with van der Waals surface area (Å²) in [5.74, 6) is 0.0811. The number of nitrogens with zero attached hydrogens (tertiary/aromatic N) is 1. The van der Waals surface area contributed by atoms with Crippen molar-refractivity contribution in [1.29, 1.82) is 0 Å². The lowest BCUT2D eigenvalue weighted by Crippen LogP contribution is -2.12. The molecular weight excluding hydrogens is 230 g/mol. The van der Waals surface area contributed by atoms with Gasteiger partial charge in [0.15, 0.2) is 0 Å². The van der Waals surface area contributed by atoms with E-state index < -0.39 is 0 Å². The number of alkyl halides is 1. The Morgan fingerprint density at radius 2 is 2.31 bits per heavy atom. The molecule has 0 fully saturated rings. The highest BCUT2D eigenvalue weighted by molar-refractivity contribution is 6.28. The summed E-state index contributed by atoms with van der Waals surface area (Å²) in [5.41, 5.74) is 6.26. The second-order valence-electron chi connectivity index (χ2n) is 3.12. The number of carbonyl (C=O) groups excluding carboxylic acids is 1. The zero-order valence-corrected chi connectivity index (χ0v) is 9.45. The van der Waals surface area contributed by atoms with Crippen LogP contribution in [0.3, 0.4) is 0 Å². The summed E-state index contributed by atoms with van der Waals surface area (Å²) >= 11 is 5.48. The number of anilines is 1. The van der Waals surface area contributed by atoms with Crippen LogP contribution in [0.5, 0.6) is 5.75 Å². The molecule has 0 aliphatic rings. The molecule has 1 rings (SSSR count). The molecule has 0 radical (unpaired) electrons. The summed E-state index contributed by atoms with van der Waals surface area (Å²) in [4.78, 5) is 14.8. The first-order chi connectivity index (χ1) is 7.52. The van der Waals surface area contributed by atoms with E-state index in [0.717, 1.165) is 0 Å². The number of halogens is 1. The van der Waals surface area contributed by atoms with E-state index in [1.54, 1.807) is 6.07 Å². The molecule has 0 aliphatic carbocycles. The molecule has 0 bridgehead atoms. The summed E-state index contributed by atoms with van der Waals surface area (Å²) < 4.78 is 0. The SMILES string of the molecule is CC(=O)Nc1cc(N=C(N)CCl)ccc1O. The lowest BCUT2D eigenvalue weighted by molar-refractivity contribution is -0.114. The van der Waals surface area contributed by atoms with Crippen LogP contribution < -0.4 is 11.1 Å². The number of aromatic hydroxyl groups is 1. The van der Waals surface area contributed by atoms with Gasteiger partial charge in [0.2, 0.25) is 5.91 Å². The molecule has 1 aromatic rings. The zero-order chi connectivity index (χ0) is 12.1. The smallest absolute Gasteiger partial charge is 0.221 e. The normalized spacial score (nSPS) is 11.2. The predicted molar refractivity (Wildman–Crippen MR) is 64.4 cm³/mol. The summed E-state index contributed by atoms with van der Waals surface area (Å²) in [6.45, 7) is 1.35. The number of rotatable bonds is 3. The molecule has 0 aliphatic heterocycles. The Kier molecular flexibility index (Phi) is 4.13. The average molecular weight is 242 g/mol. The van der Waals surface area contributed by atoms with Gasteiger partial charge in [0.05, 0.1) is 17.3 Å². The summed E-state index contributed by atoms with van der Waals surface area (Å²) in [6.07, 6.45) is 0. The number of hydrogen-bond donors (Lipinski definition) is 3. The Morgan fingerprint density at radius 3 is 2.88 bits per heavy atom. The lowest BCUT2D eigenvalue weighted by atomic mass is 10.2. The quantitative estimate of drug-likeness (QED) is 0.325. The highest BCUT2D eigenvalue weighted by Gasteiger charge is 2.04. The fourth-order valence-corrected chi connectivity index (χ4v) is 1.14. The Bertz CT molecular complexity index is 432. The molecule has 0 aromatic heterocycles. The summed E-state index contributed by atoms with van der Waals surface area (Å²) in [5, 5.41) is 11.9. The van der Waals surface area contributed by atoms with Gasteiger partial charge in [-0.05, 0) is 18.2 Å². The highest BCUT2D eigenvalue weighted by Crippen LogP contribution is 2.28. The van der Waals surface area contributed by atoms with Crippen LogP contribution >= 0.6 is 11.6 Å². The summed E-state index contributed by atoms with van der Waals surface area (Å²) in [6, 6.07) is 4.50. The molecule has 1 aromatic carbocycles. The number of phenolic OH excluding ortho intramolecular Hbond substituents is 1. The lowest BCUT2D eigenvalue weighted by Gasteiger charge is -2.06. The maximum atomic E-state index is 10.9. The number of hydrogen-bond acceptors (Lipinski definition) is 3. The number of amides is 1. The van der Waals surface area contributed by atoms with E-state index in [0.29, 0.717) is 5.69 Å². The van der Waals surface area contributed by atoms with E-state index in [9.17, 15) is 9.90 Å². The minimum absolute atomic E-state index is 0.0291. The van der Waals surface area contributed by atoms with Gasteiger partial charge in [-0.25, -0.2) is 4.99 Å². The minimum atomic E-state index is -0.276. The third kappa shape index (κ3) is 3.43. The Balaban J connectivity index is 3.02. The van der Waals surface area contributed by atoms with E-state index in [1.165, 1.54) is 19.1 Å². The van der Waals surface area contributed by atoms with Crippen LogP contribution in [-0.4, -0.2) is 22.7 Å². The molecule has 6 heteroatoms. The molecule has 0 saturated carbocycles. The van der Waals surface area contributed by atoms with Crippen LogP contribution in [0.25, 0.3) is 0 Å². The first-order valence-corrected chi connectivity index (χ1v) is 5.06. The molecule has 0 heterocycles. The van der Waals surface area contributed by atoms with Gasteiger partial charge in [-0.15, -0.1) is 11.6 Å². The number of nitrogens with two attached hydrogens (primary N) is 1. The summed E-state index contributed by atoms with van der Waals surface area (Å²) in [7, 11) is 0. The van der Waals surface area contributed by atoms with Crippen molar-refractivity contribution in [2.24, 2.45) is 10.7 Å². The Morgan fingerprint density at radius 1 is 1.62 bits per heavy atom. The van der Waals surface area contributed by atoms with Crippen LogP contribution in [0.4, 0.5) is 11.4 Å². The van der Waals surface area contributed by atoms with E-state index in [4.69, 9.17) is 17.3 Å². The van der Waals surface area contributed by atoms with Crippen LogP contribution in [-0.2, 0) is 4.79 Å². The molecule has 1 amide bonds. The standard InChI is InChI=1S/C10H12ClN3O2/c1-6(15)13-8-4-7(2-3-9(8)16)14-10(12)5-11/h2-4,16H,5H2,1H3,(H2,12,14)(H,13,15). The highest BCUT2D eigenvalue weighted by atomic mass is 35.5. The van der Waals surface area contributed by atoms with Gasteiger partial charge in [0, 0.05) is 6.92 Å². The van der Waals surface area contributed by atoms with Gasteiger partial charge in [0.25, 0.3) is 0 Å². The van der Waals surface area contributed by atoms with Crippen LogP contribution in [0.15, 0.2) is 23.2 Å². The van der Waals surface area contributed by atoms with Gasteiger partial charge < -0.3 is 16.2 Å². The fourth-order valence-electron chi connectivity index (χ4n) is 1.08. The number of aliphatic imine (C=N–C) groups is 1. The van der Waals surface area contributed by atoms with E-state index >= 15 is 0 Å². The maximum absolute atomic E-state index is 10.9. The van der Waals surface area contributed by atoms with E-state index in [1.807, 2.05) is 0 Å².